The van der Waals surface area contributed by atoms with Crippen LogP contribution in [0.15, 0.2) is 29.3 Å². The number of benzene rings is 1. The van der Waals surface area contributed by atoms with Crippen molar-refractivity contribution in [2.24, 2.45) is 4.99 Å². The number of carbonyl (C=O) groups is 5. The van der Waals surface area contributed by atoms with Crippen LogP contribution in [0.1, 0.15) is 24.5 Å². The molecule has 0 saturated carbocycles. The van der Waals surface area contributed by atoms with Gasteiger partial charge in [0.2, 0.25) is 11.4 Å². The number of urea groups is 2. The second kappa shape index (κ2) is 6.11. The van der Waals surface area contributed by atoms with Gasteiger partial charge in [-0.25, -0.2) is 14.5 Å². The summed E-state index contributed by atoms with van der Waals surface area (Å²) in [5.41, 5.74) is -0.423. The smallest absolute Gasteiger partial charge is 0.275 e. The predicted octanol–water partition coefficient (Wildman–Crippen LogP) is 0.946. The summed E-state index contributed by atoms with van der Waals surface area (Å²) in [6.45, 7) is 2.96. The lowest BCUT2D eigenvalue weighted by Crippen LogP contribution is -2.76. The molecule has 1 spiro atoms. The fourth-order valence-electron chi connectivity index (χ4n) is 3.39. The highest BCUT2D eigenvalue weighted by molar-refractivity contribution is 6.29. The molecule has 27 heavy (non-hydrogen) atoms. The first-order valence-corrected chi connectivity index (χ1v) is 8.21. The fraction of sp³-hybridized carbons (Fsp3) is 0.333. The van der Waals surface area contributed by atoms with Crippen molar-refractivity contribution in [3.63, 3.8) is 0 Å². The molecule has 7 amide bonds. The van der Waals surface area contributed by atoms with Crippen LogP contribution in [0, 0.1) is 6.92 Å². The number of rotatable bonds is 1. The van der Waals surface area contributed by atoms with Crippen LogP contribution in [-0.4, -0.2) is 69.8 Å². The lowest BCUT2D eigenvalue weighted by atomic mass is 9.82. The molecule has 0 radical (unpaired) electrons. The number of aryl methyl sites for hydroxylation is 1. The summed E-state index contributed by atoms with van der Waals surface area (Å²) in [6.07, 6.45) is -0.305. The van der Waals surface area contributed by atoms with Crippen LogP contribution in [0.3, 0.4) is 0 Å². The number of barbiturate groups is 1. The van der Waals surface area contributed by atoms with Crippen molar-refractivity contribution in [1.82, 2.24) is 14.7 Å². The standard InChI is InChI=1S/C18H18N4O5/c1-10-5-7-12(8-6-10)13-9-18(22(11(2)23)16(26)19-13)14(24)20(3)17(27)21(4)15(18)25/h5-8H,9H2,1-4H3. The summed E-state index contributed by atoms with van der Waals surface area (Å²) in [7, 11) is 2.41. The van der Waals surface area contributed by atoms with Gasteiger partial charge in [-0.3, -0.25) is 24.2 Å². The third-order valence-electron chi connectivity index (χ3n) is 4.82. The van der Waals surface area contributed by atoms with E-state index < -0.39 is 35.3 Å². The summed E-state index contributed by atoms with van der Waals surface area (Å²) in [6, 6.07) is 5.20. The SMILES string of the molecule is CC(=O)N1C(=O)N=C(c2ccc(C)cc2)CC12C(=O)N(C)C(=O)N(C)C2=O. The number of likely N-dealkylation sites (N-methyl/N-ethyl adjacent to an activating group) is 2. The Morgan fingerprint density at radius 1 is 1.00 bits per heavy atom. The van der Waals surface area contributed by atoms with E-state index in [1.807, 2.05) is 6.92 Å². The van der Waals surface area contributed by atoms with Crippen LogP contribution in [0.4, 0.5) is 9.59 Å². The van der Waals surface area contributed by atoms with Gasteiger partial charge < -0.3 is 0 Å². The Hall–Kier alpha value is -3.36. The summed E-state index contributed by atoms with van der Waals surface area (Å²) < 4.78 is 0. The Morgan fingerprint density at radius 3 is 2.00 bits per heavy atom. The first-order chi connectivity index (χ1) is 12.6. The van der Waals surface area contributed by atoms with Crippen molar-refractivity contribution in [3.8, 4) is 0 Å². The molecule has 0 unspecified atom stereocenters. The van der Waals surface area contributed by atoms with E-state index in [1.54, 1.807) is 24.3 Å². The molecule has 1 aromatic rings. The van der Waals surface area contributed by atoms with Crippen LogP contribution in [0.2, 0.25) is 0 Å². The van der Waals surface area contributed by atoms with Gasteiger partial charge >= 0.3 is 12.1 Å². The number of carbonyl (C=O) groups excluding carboxylic acids is 5. The molecule has 9 nitrogen and oxygen atoms in total. The molecule has 0 atom stereocenters. The third-order valence-corrected chi connectivity index (χ3v) is 4.82. The second-order valence-corrected chi connectivity index (χ2v) is 6.61. The average Bonchev–Trinajstić information content (AvgIpc) is 2.63. The van der Waals surface area contributed by atoms with Crippen LogP contribution >= 0.6 is 0 Å². The topological polar surface area (TPSA) is 107 Å². The second-order valence-electron chi connectivity index (χ2n) is 6.61. The maximum Gasteiger partial charge on any atom is 0.351 e. The quantitative estimate of drug-likeness (QED) is 0.684. The minimum absolute atomic E-state index is 0.204. The van der Waals surface area contributed by atoms with Gasteiger partial charge in [0.15, 0.2) is 0 Å². The predicted molar refractivity (Wildman–Crippen MR) is 93.9 cm³/mol. The van der Waals surface area contributed by atoms with Crippen molar-refractivity contribution in [2.45, 2.75) is 25.8 Å². The first-order valence-electron chi connectivity index (χ1n) is 8.21. The molecule has 2 aliphatic heterocycles. The largest absolute Gasteiger partial charge is 0.351 e. The fourth-order valence-corrected chi connectivity index (χ4v) is 3.39. The van der Waals surface area contributed by atoms with E-state index in [-0.39, 0.29) is 12.1 Å². The molecule has 1 saturated heterocycles. The van der Waals surface area contributed by atoms with Crippen molar-refractivity contribution in [1.29, 1.82) is 0 Å². The Bertz CT molecular complexity index is 894. The zero-order valence-electron chi connectivity index (χ0n) is 15.3. The number of hydrogen-bond donors (Lipinski definition) is 0. The summed E-state index contributed by atoms with van der Waals surface area (Å²) in [4.78, 5) is 68.9. The van der Waals surface area contributed by atoms with Gasteiger partial charge in [0.1, 0.15) is 0 Å². The van der Waals surface area contributed by atoms with Crippen molar-refractivity contribution >= 4 is 35.5 Å². The average molecular weight is 370 g/mol. The maximum atomic E-state index is 13.0. The number of amides is 7. The van der Waals surface area contributed by atoms with E-state index in [9.17, 15) is 24.0 Å². The molecule has 3 rings (SSSR count). The van der Waals surface area contributed by atoms with Crippen molar-refractivity contribution in [2.75, 3.05) is 14.1 Å². The molecule has 2 aliphatic rings. The number of imide groups is 3. The molecule has 0 bridgehead atoms. The third kappa shape index (κ3) is 2.54. The van der Waals surface area contributed by atoms with Crippen molar-refractivity contribution < 1.29 is 24.0 Å². The molecule has 2 heterocycles. The Kier molecular flexibility index (Phi) is 4.17. The summed E-state index contributed by atoms with van der Waals surface area (Å²) in [5.74, 6) is -2.66. The lowest BCUT2D eigenvalue weighted by Gasteiger charge is -2.47. The molecule has 9 heteroatoms. The minimum atomic E-state index is -2.16. The monoisotopic (exact) mass is 370 g/mol. The zero-order valence-corrected chi connectivity index (χ0v) is 15.3. The van der Waals surface area contributed by atoms with E-state index >= 15 is 0 Å². The summed E-state index contributed by atoms with van der Waals surface area (Å²) >= 11 is 0. The van der Waals surface area contributed by atoms with Gasteiger partial charge in [0.25, 0.3) is 11.8 Å². The number of aliphatic imine (C=N–C) groups is 1. The van der Waals surface area contributed by atoms with Gasteiger partial charge in [0, 0.05) is 27.4 Å². The molecular weight excluding hydrogens is 352 g/mol. The van der Waals surface area contributed by atoms with E-state index in [4.69, 9.17) is 0 Å². The minimum Gasteiger partial charge on any atom is -0.275 e. The molecule has 0 N–H and O–H groups in total. The van der Waals surface area contributed by atoms with Gasteiger partial charge in [0.05, 0.1) is 5.71 Å². The first kappa shape index (κ1) is 18.4. The Balaban J connectivity index is 2.21. The molecule has 140 valence electrons. The van der Waals surface area contributed by atoms with Crippen LogP contribution in [0.25, 0.3) is 0 Å². The number of hydrogen-bond acceptors (Lipinski definition) is 5. The molecule has 0 aliphatic carbocycles. The lowest BCUT2D eigenvalue weighted by molar-refractivity contribution is -0.162. The van der Waals surface area contributed by atoms with Crippen molar-refractivity contribution in [3.05, 3.63) is 35.4 Å². The van der Waals surface area contributed by atoms with Crippen LogP contribution < -0.4 is 0 Å². The molecular formula is C18H18N4O5. The zero-order chi connectivity index (χ0) is 20.1. The van der Waals surface area contributed by atoms with Gasteiger partial charge in [-0.15, -0.1) is 0 Å². The molecule has 1 aromatic carbocycles. The van der Waals surface area contributed by atoms with E-state index in [1.165, 1.54) is 14.1 Å². The Morgan fingerprint density at radius 2 is 1.52 bits per heavy atom. The van der Waals surface area contributed by atoms with E-state index in [0.717, 1.165) is 22.3 Å². The highest BCUT2D eigenvalue weighted by Gasteiger charge is 2.63. The van der Waals surface area contributed by atoms with Gasteiger partial charge in [-0.2, -0.15) is 4.99 Å². The van der Waals surface area contributed by atoms with Crippen LogP contribution in [0.5, 0.6) is 0 Å². The van der Waals surface area contributed by atoms with Gasteiger partial charge in [-0.05, 0) is 12.5 Å². The van der Waals surface area contributed by atoms with Crippen LogP contribution in [-0.2, 0) is 14.4 Å². The molecule has 1 fully saturated rings. The normalized spacial score (nSPS) is 19.7. The molecule has 0 aromatic heterocycles. The van der Waals surface area contributed by atoms with E-state index in [2.05, 4.69) is 4.99 Å². The number of nitrogens with zero attached hydrogens (tertiary/aromatic N) is 4. The van der Waals surface area contributed by atoms with E-state index in [0.29, 0.717) is 10.5 Å². The highest BCUT2D eigenvalue weighted by atomic mass is 16.2. The van der Waals surface area contributed by atoms with Gasteiger partial charge in [-0.1, -0.05) is 29.8 Å². The Labute approximate surface area is 155 Å². The maximum absolute atomic E-state index is 13.0. The highest BCUT2D eigenvalue weighted by Crippen LogP contribution is 2.35. The summed E-state index contributed by atoms with van der Waals surface area (Å²) in [5, 5.41) is 0.